The quantitative estimate of drug-likeness (QED) is 0.724. The van der Waals surface area contributed by atoms with E-state index in [-0.39, 0.29) is 5.56 Å². The summed E-state index contributed by atoms with van der Waals surface area (Å²) in [6.07, 6.45) is 4.41. The van der Waals surface area contributed by atoms with Gasteiger partial charge in [-0.15, -0.1) is 0 Å². The van der Waals surface area contributed by atoms with E-state index in [2.05, 4.69) is 42.3 Å². The molecule has 7 heteroatoms. The lowest BCUT2D eigenvalue weighted by Crippen LogP contribution is -2.27. The van der Waals surface area contributed by atoms with E-state index in [1.54, 1.807) is 12.4 Å². The third kappa shape index (κ3) is 4.32. The summed E-state index contributed by atoms with van der Waals surface area (Å²) >= 11 is 0. The Kier molecular flexibility index (Phi) is 5.55. The summed E-state index contributed by atoms with van der Waals surface area (Å²) in [7, 11) is 0. The summed E-state index contributed by atoms with van der Waals surface area (Å²) in [6.45, 7) is 6.99. The van der Waals surface area contributed by atoms with Crippen LogP contribution in [0.1, 0.15) is 17.7 Å². The van der Waals surface area contributed by atoms with Crippen LogP contribution in [0.4, 0.5) is 0 Å². The SMILES string of the molecule is Cc1nccnc1-c1cc(=O)[nH]c(-c2cccc(CN3CCCNCC3)c2)n1. The Labute approximate surface area is 163 Å². The van der Waals surface area contributed by atoms with E-state index in [0.29, 0.717) is 17.2 Å². The summed E-state index contributed by atoms with van der Waals surface area (Å²) in [6, 6.07) is 9.68. The predicted octanol–water partition coefficient (Wildman–Crippen LogP) is 2.00. The molecule has 144 valence electrons. The lowest BCUT2D eigenvalue weighted by Gasteiger charge is -2.19. The molecule has 0 saturated carbocycles. The topological polar surface area (TPSA) is 86.8 Å². The molecule has 1 aromatic carbocycles. The molecule has 3 heterocycles. The minimum Gasteiger partial charge on any atom is -0.315 e. The normalized spacial score (nSPS) is 15.3. The number of H-pyrrole nitrogens is 1. The number of rotatable bonds is 4. The highest BCUT2D eigenvalue weighted by atomic mass is 16.1. The zero-order valence-electron chi connectivity index (χ0n) is 16.0. The van der Waals surface area contributed by atoms with E-state index in [1.165, 1.54) is 11.6 Å². The van der Waals surface area contributed by atoms with Gasteiger partial charge < -0.3 is 10.3 Å². The van der Waals surface area contributed by atoms with Crippen LogP contribution in [0.5, 0.6) is 0 Å². The van der Waals surface area contributed by atoms with Gasteiger partial charge in [-0.1, -0.05) is 18.2 Å². The molecule has 0 radical (unpaired) electrons. The molecule has 0 bridgehead atoms. The largest absolute Gasteiger partial charge is 0.315 e. The zero-order valence-corrected chi connectivity index (χ0v) is 16.0. The van der Waals surface area contributed by atoms with Crippen LogP contribution >= 0.6 is 0 Å². The first-order valence-corrected chi connectivity index (χ1v) is 9.61. The maximum atomic E-state index is 12.3. The lowest BCUT2D eigenvalue weighted by atomic mass is 10.1. The van der Waals surface area contributed by atoms with Crippen molar-refractivity contribution in [3.63, 3.8) is 0 Å². The lowest BCUT2D eigenvalue weighted by molar-refractivity contribution is 0.284. The summed E-state index contributed by atoms with van der Waals surface area (Å²) in [5, 5.41) is 3.43. The van der Waals surface area contributed by atoms with Crippen LogP contribution in [-0.4, -0.2) is 51.0 Å². The third-order valence-corrected chi connectivity index (χ3v) is 4.90. The van der Waals surface area contributed by atoms with Crippen molar-refractivity contribution in [2.75, 3.05) is 26.2 Å². The summed E-state index contributed by atoms with van der Waals surface area (Å²) in [4.78, 5) is 30.8. The van der Waals surface area contributed by atoms with Crippen molar-refractivity contribution in [3.05, 3.63) is 64.3 Å². The molecule has 1 aliphatic rings. The molecule has 0 spiro atoms. The van der Waals surface area contributed by atoms with E-state index in [4.69, 9.17) is 0 Å². The van der Waals surface area contributed by atoms with Crippen LogP contribution in [0, 0.1) is 6.92 Å². The van der Waals surface area contributed by atoms with Crippen LogP contribution in [0.2, 0.25) is 0 Å². The average Bonchev–Trinajstić information content (AvgIpc) is 2.97. The standard InChI is InChI=1S/C21H24N6O/c1-15-20(24-8-7-23-15)18-13-19(28)26-21(25-18)17-5-2-4-16(12-17)14-27-10-3-6-22-9-11-27/h2,4-5,7-8,12-13,22H,3,6,9-11,14H2,1H3,(H,25,26,28). The van der Waals surface area contributed by atoms with E-state index in [1.807, 2.05) is 19.1 Å². The minimum atomic E-state index is -0.200. The van der Waals surface area contributed by atoms with Gasteiger partial charge in [0.15, 0.2) is 0 Å². The molecule has 1 saturated heterocycles. The summed E-state index contributed by atoms with van der Waals surface area (Å²) < 4.78 is 0. The number of nitrogens with one attached hydrogen (secondary N) is 2. The number of aromatic nitrogens is 4. The fourth-order valence-electron chi connectivity index (χ4n) is 3.51. The van der Waals surface area contributed by atoms with Crippen molar-refractivity contribution in [3.8, 4) is 22.8 Å². The monoisotopic (exact) mass is 376 g/mol. The molecule has 3 aromatic rings. The number of benzene rings is 1. The van der Waals surface area contributed by atoms with Gasteiger partial charge in [0, 0.05) is 43.7 Å². The van der Waals surface area contributed by atoms with Gasteiger partial charge in [-0.3, -0.25) is 19.7 Å². The molecule has 1 fully saturated rings. The van der Waals surface area contributed by atoms with Gasteiger partial charge in [-0.2, -0.15) is 0 Å². The molecule has 28 heavy (non-hydrogen) atoms. The van der Waals surface area contributed by atoms with Crippen molar-refractivity contribution >= 4 is 0 Å². The smallest absolute Gasteiger partial charge is 0.251 e. The number of nitrogens with zero attached hydrogens (tertiary/aromatic N) is 4. The molecule has 0 unspecified atom stereocenters. The molecule has 2 aromatic heterocycles. The number of aromatic amines is 1. The molecule has 2 N–H and O–H groups in total. The zero-order chi connectivity index (χ0) is 19.3. The maximum absolute atomic E-state index is 12.3. The van der Waals surface area contributed by atoms with E-state index in [9.17, 15) is 4.79 Å². The van der Waals surface area contributed by atoms with Crippen LogP contribution in [-0.2, 0) is 6.54 Å². The van der Waals surface area contributed by atoms with Crippen molar-refractivity contribution in [2.45, 2.75) is 19.9 Å². The Morgan fingerprint density at radius 2 is 2.00 bits per heavy atom. The van der Waals surface area contributed by atoms with E-state index >= 15 is 0 Å². The fraction of sp³-hybridized carbons (Fsp3) is 0.333. The van der Waals surface area contributed by atoms with Gasteiger partial charge in [0.05, 0.1) is 11.4 Å². The third-order valence-electron chi connectivity index (χ3n) is 4.90. The Morgan fingerprint density at radius 3 is 2.89 bits per heavy atom. The molecule has 1 aliphatic heterocycles. The second-order valence-corrected chi connectivity index (χ2v) is 7.05. The number of hydrogen-bond donors (Lipinski definition) is 2. The number of aryl methyl sites for hydroxylation is 1. The Balaban J connectivity index is 1.64. The second-order valence-electron chi connectivity index (χ2n) is 7.05. The first-order valence-electron chi connectivity index (χ1n) is 9.61. The molecular weight excluding hydrogens is 352 g/mol. The number of hydrogen-bond acceptors (Lipinski definition) is 6. The second kappa shape index (κ2) is 8.41. The predicted molar refractivity (Wildman–Crippen MR) is 109 cm³/mol. The summed E-state index contributed by atoms with van der Waals surface area (Å²) in [5.74, 6) is 0.548. The van der Waals surface area contributed by atoms with Gasteiger partial charge in [-0.05, 0) is 38.1 Å². The first-order chi connectivity index (χ1) is 13.7. The molecule has 7 nitrogen and oxygen atoms in total. The van der Waals surface area contributed by atoms with Crippen molar-refractivity contribution in [1.29, 1.82) is 0 Å². The van der Waals surface area contributed by atoms with Crippen molar-refractivity contribution in [2.24, 2.45) is 0 Å². The van der Waals surface area contributed by atoms with Crippen molar-refractivity contribution in [1.82, 2.24) is 30.2 Å². The van der Waals surface area contributed by atoms with Crippen LogP contribution in [0.3, 0.4) is 0 Å². The molecular formula is C21H24N6O. The fourth-order valence-corrected chi connectivity index (χ4v) is 3.51. The Hall–Kier alpha value is -2.90. The van der Waals surface area contributed by atoms with Gasteiger partial charge in [0.25, 0.3) is 5.56 Å². The molecule has 4 rings (SSSR count). The van der Waals surface area contributed by atoms with Crippen LogP contribution in [0.25, 0.3) is 22.8 Å². The Morgan fingerprint density at radius 1 is 1.11 bits per heavy atom. The van der Waals surface area contributed by atoms with Crippen LogP contribution in [0.15, 0.2) is 47.5 Å². The highest BCUT2D eigenvalue weighted by Crippen LogP contribution is 2.21. The maximum Gasteiger partial charge on any atom is 0.251 e. The van der Waals surface area contributed by atoms with Gasteiger partial charge in [0.2, 0.25) is 0 Å². The van der Waals surface area contributed by atoms with E-state index in [0.717, 1.165) is 50.4 Å². The summed E-state index contributed by atoms with van der Waals surface area (Å²) in [5.41, 5.74) is 3.81. The minimum absolute atomic E-state index is 0.200. The molecule has 0 atom stereocenters. The Bertz CT molecular complexity index is 1010. The highest BCUT2D eigenvalue weighted by Gasteiger charge is 2.12. The van der Waals surface area contributed by atoms with Gasteiger partial charge in [-0.25, -0.2) is 4.98 Å². The van der Waals surface area contributed by atoms with Crippen molar-refractivity contribution < 1.29 is 0 Å². The first kappa shape index (κ1) is 18.5. The molecule has 0 amide bonds. The average molecular weight is 376 g/mol. The highest BCUT2D eigenvalue weighted by molar-refractivity contribution is 5.62. The van der Waals surface area contributed by atoms with Gasteiger partial charge >= 0.3 is 0 Å². The van der Waals surface area contributed by atoms with Gasteiger partial charge in [0.1, 0.15) is 11.5 Å². The van der Waals surface area contributed by atoms with Crippen LogP contribution < -0.4 is 10.9 Å². The molecule has 0 aliphatic carbocycles. The van der Waals surface area contributed by atoms with E-state index < -0.39 is 0 Å².